The first-order valence-corrected chi connectivity index (χ1v) is 6.58. The SMILES string of the molecule is CC(CCC(=O)O)NC(=O)c1cccc2ccccc12. The van der Waals surface area contributed by atoms with Gasteiger partial charge in [0.2, 0.25) is 0 Å². The van der Waals surface area contributed by atoms with Gasteiger partial charge < -0.3 is 10.4 Å². The van der Waals surface area contributed by atoms with E-state index >= 15 is 0 Å². The first-order valence-electron chi connectivity index (χ1n) is 6.58. The van der Waals surface area contributed by atoms with Crippen LogP contribution in [0.1, 0.15) is 30.1 Å². The molecule has 104 valence electrons. The summed E-state index contributed by atoms with van der Waals surface area (Å²) in [6.07, 6.45) is 0.475. The van der Waals surface area contributed by atoms with E-state index in [0.29, 0.717) is 12.0 Å². The van der Waals surface area contributed by atoms with Crippen LogP contribution in [0, 0.1) is 0 Å². The summed E-state index contributed by atoms with van der Waals surface area (Å²) in [5.41, 5.74) is 0.616. The van der Waals surface area contributed by atoms with Gasteiger partial charge in [0.1, 0.15) is 0 Å². The molecule has 0 saturated heterocycles. The number of rotatable bonds is 5. The van der Waals surface area contributed by atoms with E-state index in [2.05, 4.69) is 5.32 Å². The summed E-state index contributed by atoms with van der Waals surface area (Å²) in [7, 11) is 0. The number of amides is 1. The van der Waals surface area contributed by atoms with Crippen molar-refractivity contribution in [2.75, 3.05) is 0 Å². The van der Waals surface area contributed by atoms with Gasteiger partial charge in [-0.25, -0.2) is 0 Å². The molecule has 0 radical (unpaired) electrons. The van der Waals surface area contributed by atoms with Crippen LogP contribution in [0.5, 0.6) is 0 Å². The second-order valence-electron chi connectivity index (χ2n) is 4.83. The minimum absolute atomic E-state index is 0.0526. The molecule has 0 aromatic heterocycles. The van der Waals surface area contributed by atoms with Crippen molar-refractivity contribution in [2.24, 2.45) is 0 Å². The van der Waals surface area contributed by atoms with Gasteiger partial charge in [-0.1, -0.05) is 36.4 Å². The minimum Gasteiger partial charge on any atom is -0.481 e. The van der Waals surface area contributed by atoms with Gasteiger partial charge >= 0.3 is 5.97 Å². The minimum atomic E-state index is -0.851. The van der Waals surface area contributed by atoms with Crippen LogP contribution < -0.4 is 5.32 Å². The van der Waals surface area contributed by atoms with Crippen molar-refractivity contribution in [2.45, 2.75) is 25.8 Å². The van der Waals surface area contributed by atoms with Gasteiger partial charge in [-0.05, 0) is 30.2 Å². The number of hydrogen-bond acceptors (Lipinski definition) is 2. The summed E-state index contributed by atoms with van der Waals surface area (Å²) >= 11 is 0. The van der Waals surface area contributed by atoms with Crippen molar-refractivity contribution >= 4 is 22.6 Å². The molecule has 0 bridgehead atoms. The highest BCUT2D eigenvalue weighted by Crippen LogP contribution is 2.18. The predicted octanol–water partition coefficient (Wildman–Crippen LogP) is 2.82. The maximum absolute atomic E-state index is 12.3. The van der Waals surface area contributed by atoms with Crippen LogP contribution in [-0.4, -0.2) is 23.0 Å². The summed E-state index contributed by atoms with van der Waals surface area (Å²) in [6.45, 7) is 1.81. The summed E-state index contributed by atoms with van der Waals surface area (Å²) in [5.74, 6) is -1.02. The highest BCUT2D eigenvalue weighted by Gasteiger charge is 2.13. The third-order valence-corrected chi connectivity index (χ3v) is 3.20. The molecule has 4 heteroatoms. The van der Waals surface area contributed by atoms with E-state index in [9.17, 15) is 9.59 Å². The smallest absolute Gasteiger partial charge is 0.303 e. The fourth-order valence-corrected chi connectivity index (χ4v) is 2.14. The molecule has 2 N–H and O–H groups in total. The number of nitrogens with one attached hydrogen (secondary N) is 1. The molecule has 4 nitrogen and oxygen atoms in total. The highest BCUT2D eigenvalue weighted by molar-refractivity contribution is 6.07. The number of fused-ring (bicyclic) bond motifs is 1. The molecule has 20 heavy (non-hydrogen) atoms. The van der Waals surface area contributed by atoms with Crippen LogP contribution in [0.4, 0.5) is 0 Å². The fraction of sp³-hybridized carbons (Fsp3) is 0.250. The average Bonchev–Trinajstić information content (AvgIpc) is 2.44. The fourth-order valence-electron chi connectivity index (χ4n) is 2.14. The highest BCUT2D eigenvalue weighted by atomic mass is 16.4. The third kappa shape index (κ3) is 3.35. The Bertz CT molecular complexity index is 631. The Hall–Kier alpha value is -2.36. The van der Waals surface area contributed by atoms with Gasteiger partial charge in [0.15, 0.2) is 0 Å². The monoisotopic (exact) mass is 271 g/mol. The van der Waals surface area contributed by atoms with Crippen molar-refractivity contribution in [3.05, 3.63) is 48.0 Å². The third-order valence-electron chi connectivity index (χ3n) is 3.20. The summed E-state index contributed by atoms with van der Waals surface area (Å²) in [4.78, 5) is 22.8. The quantitative estimate of drug-likeness (QED) is 0.878. The zero-order chi connectivity index (χ0) is 14.5. The Labute approximate surface area is 117 Å². The first-order chi connectivity index (χ1) is 9.58. The Balaban J connectivity index is 2.13. The number of carboxylic acid groups (broad SMARTS) is 1. The molecule has 2 aromatic carbocycles. The molecule has 0 heterocycles. The van der Waals surface area contributed by atoms with Crippen LogP contribution in [0.15, 0.2) is 42.5 Å². The van der Waals surface area contributed by atoms with Gasteiger partial charge in [-0.3, -0.25) is 9.59 Å². The number of carboxylic acids is 1. The van der Waals surface area contributed by atoms with E-state index in [1.165, 1.54) is 0 Å². The number of carbonyl (C=O) groups is 2. The molecule has 1 amide bonds. The molecular weight excluding hydrogens is 254 g/mol. The lowest BCUT2D eigenvalue weighted by molar-refractivity contribution is -0.137. The largest absolute Gasteiger partial charge is 0.481 e. The lowest BCUT2D eigenvalue weighted by atomic mass is 10.0. The topological polar surface area (TPSA) is 66.4 Å². The van der Waals surface area contributed by atoms with E-state index < -0.39 is 5.97 Å². The molecular formula is C16H17NO3. The van der Waals surface area contributed by atoms with E-state index in [1.807, 2.05) is 43.3 Å². The van der Waals surface area contributed by atoms with Crippen LogP contribution >= 0.6 is 0 Å². The predicted molar refractivity (Wildman–Crippen MR) is 77.7 cm³/mol. The van der Waals surface area contributed by atoms with Gasteiger partial charge in [-0.15, -0.1) is 0 Å². The molecule has 0 aliphatic heterocycles. The zero-order valence-corrected chi connectivity index (χ0v) is 11.3. The second-order valence-corrected chi connectivity index (χ2v) is 4.83. The standard InChI is InChI=1S/C16H17NO3/c1-11(9-10-15(18)19)17-16(20)14-8-4-6-12-5-2-3-7-13(12)14/h2-8,11H,9-10H2,1H3,(H,17,20)(H,18,19). The van der Waals surface area contributed by atoms with E-state index in [-0.39, 0.29) is 18.4 Å². The van der Waals surface area contributed by atoms with Gasteiger partial charge in [-0.2, -0.15) is 0 Å². The lowest BCUT2D eigenvalue weighted by Crippen LogP contribution is -2.33. The maximum Gasteiger partial charge on any atom is 0.303 e. The van der Waals surface area contributed by atoms with E-state index in [0.717, 1.165) is 10.8 Å². The number of benzene rings is 2. The molecule has 0 aliphatic rings. The number of carbonyl (C=O) groups excluding carboxylic acids is 1. The average molecular weight is 271 g/mol. The van der Waals surface area contributed by atoms with Crippen molar-refractivity contribution in [3.8, 4) is 0 Å². The zero-order valence-electron chi connectivity index (χ0n) is 11.3. The number of hydrogen-bond donors (Lipinski definition) is 2. The Kier molecular flexibility index (Phi) is 4.35. The number of aliphatic carboxylic acids is 1. The Morgan fingerprint density at radius 3 is 2.60 bits per heavy atom. The Morgan fingerprint density at radius 1 is 1.15 bits per heavy atom. The maximum atomic E-state index is 12.3. The van der Waals surface area contributed by atoms with Gasteiger partial charge in [0.05, 0.1) is 0 Å². The van der Waals surface area contributed by atoms with Gasteiger partial charge in [0, 0.05) is 18.0 Å². The Morgan fingerprint density at radius 2 is 1.85 bits per heavy atom. The molecule has 0 saturated carbocycles. The van der Waals surface area contributed by atoms with Crippen molar-refractivity contribution in [1.29, 1.82) is 0 Å². The molecule has 0 spiro atoms. The van der Waals surface area contributed by atoms with Crippen molar-refractivity contribution in [1.82, 2.24) is 5.32 Å². The van der Waals surface area contributed by atoms with Gasteiger partial charge in [0.25, 0.3) is 5.91 Å². The van der Waals surface area contributed by atoms with Crippen LogP contribution in [0.25, 0.3) is 10.8 Å². The van der Waals surface area contributed by atoms with E-state index in [1.54, 1.807) is 6.07 Å². The molecule has 2 rings (SSSR count). The molecule has 0 aliphatic carbocycles. The van der Waals surface area contributed by atoms with Crippen LogP contribution in [0.3, 0.4) is 0 Å². The molecule has 1 unspecified atom stereocenters. The summed E-state index contributed by atoms with van der Waals surface area (Å²) in [5, 5.41) is 13.4. The first kappa shape index (κ1) is 14.1. The second kappa shape index (κ2) is 6.19. The molecule has 2 aromatic rings. The van der Waals surface area contributed by atoms with Crippen LogP contribution in [0.2, 0.25) is 0 Å². The van der Waals surface area contributed by atoms with Crippen molar-refractivity contribution in [3.63, 3.8) is 0 Å². The van der Waals surface area contributed by atoms with Crippen molar-refractivity contribution < 1.29 is 14.7 Å². The van der Waals surface area contributed by atoms with Crippen LogP contribution in [-0.2, 0) is 4.79 Å². The molecule has 1 atom stereocenters. The van der Waals surface area contributed by atoms with E-state index in [4.69, 9.17) is 5.11 Å². The summed E-state index contributed by atoms with van der Waals surface area (Å²) in [6, 6.07) is 13.1. The molecule has 0 fully saturated rings. The summed E-state index contributed by atoms with van der Waals surface area (Å²) < 4.78 is 0. The normalized spacial score (nSPS) is 12.1. The lowest BCUT2D eigenvalue weighted by Gasteiger charge is -2.14.